The standard InChI is InChI=1S/C34H27N3/c1-2-11-24(12-3-1)31-30-15-14-23-10-6-7-13-29(23)32(30)37-33(36-31)26-18-25(22-8-4-5-9-22)19-28(20-26)34-21-27(34)16-17-35-34/h1-4,6-16,18-20,33,35,37H,5,17,21H2. The topological polar surface area (TPSA) is 36.4 Å². The van der Waals surface area contributed by atoms with Crippen LogP contribution in [0.3, 0.4) is 0 Å². The smallest absolute Gasteiger partial charge is 0.145 e. The first-order valence-corrected chi connectivity index (χ1v) is 13.2. The number of hydrogen-bond donors (Lipinski definition) is 2. The molecular weight excluding hydrogens is 450 g/mol. The summed E-state index contributed by atoms with van der Waals surface area (Å²) in [5, 5.41) is 10.1. The largest absolute Gasteiger partial charge is 0.359 e. The average Bonchev–Trinajstić information content (AvgIpc) is 3.28. The van der Waals surface area contributed by atoms with Crippen molar-refractivity contribution in [3.63, 3.8) is 0 Å². The number of rotatable bonds is 4. The van der Waals surface area contributed by atoms with Gasteiger partial charge in [-0.2, -0.15) is 0 Å². The van der Waals surface area contributed by atoms with Crippen molar-refractivity contribution in [2.45, 2.75) is 24.5 Å². The molecule has 0 saturated heterocycles. The molecule has 1 saturated carbocycles. The Labute approximate surface area is 217 Å². The molecule has 2 heterocycles. The fourth-order valence-corrected chi connectivity index (χ4v) is 6.27. The Morgan fingerprint density at radius 2 is 1.73 bits per heavy atom. The molecule has 0 aromatic heterocycles. The van der Waals surface area contributed by atoms with E-state index in [4.69, 9.17) is 4.99 Å². The lowest BCUT2D eigenvalue weighted by molar-refractivity contribution is 0.597. The van der Waals surface area contributed by atoms with E-state index in [1.807, 2.05) is 0 Å². The maximum Gasteiger partial charge on any atom is 0.145 e. The Kier molecular flexibility index (Phi) is 4.47. The van der Waals surface area contributed by atoms with Gasteiger partial charge in [0.1, 0.15) is 6.17 Å². The van der Waals surface area contributed by atoms with E-state index in [1.165, 1.54) is 38.6 Å². The van der Waals surface area contributed by atoms with Crippen LogP contribution in [0.2, 0.25) is 0 Å². The first-order valence-electron chi connectivity index (χ1n) is 13.2. The van der Waals surface area contributed by atoms with E-state index >= 15 is 0 Å². The molecule has 4 aromatic carbocycles. The summed E-state index contributed by atoms with van der Waals surface area (Å²) in [5.74, 6) is 0. The van der Waals surface area contributed by atoms with Gasteiger partial charge in [0.2, 0.25) is 0 Å². The third-order valence-corrected chi connectivity index (χ3v) is 8.27. The Morgan fingerprint density at radius 1 is 0.838 bits per heavy atom. The zero-order valence-electron chi connectivity index (χ0n) is 20.5. The molecule has 8 rings (SSSR count). The normalized spacial score (nSPS) is 23.1. The Morgan fingerprint density at radius 3 is 2.54 bits per heavy atom. The van der Waals surface area contributed by atoms with Crippen molar-refractivity contribution < 1.29 is 0 Å². The van der Waals surface area contributed by atoms with Crippen LogP contribution in [0.25, 0.3) is 16.3 Å². The predicted octanol–water partition coefficient (Wildman–Crippen LogP) is 7.27. The van der Waals surface area contributed by atoms with Gasteiger partial charge in [-0.25, -0.2) is 0 Å². The number of aliphatic imine (C=N–C) groups is 1. The number of anilines is 1. The summed E-state index contributed by atoms with van der Waals surface area (Å²) in [4.78, 5) is 5.38. The summed E-state index contributed by atoms with van der Waals surface area (Å²) in [6, 6.07) is 30.7. The summed E-state index contributed by atoms with van der Waals surface area (Å²) in [5.41, 5.74) is 11.2. The van der Waals surface area contributed by atoms with Gasteiger partial charge in [0.15, 0.2) is 0 Å². The van der Waals surface area contributed by atoms with Crippen molar-refractivity contribution in [3.05, 3.63) is 143 Å². The van der Waals surface area contributed by atoms with Gasteiger partial charge < -0.3 is 10.6 Å². The van der Waals surface area contributed by atoms with Crippen LogP contribution in [0.5, 0.6) is 0 Å². The molecule has 4 aromatic rings. The molecule has 0 amide bonds. The quantitative estimate of drug-likeness (QED) is 0.303. The SMILES string of the molecule is C1=CC(c2cc(C3N=C(c4ccccc4)c4ccc5ccccc5c4N3)cc(C34CC3=CCN4)c2)=CC1. The lowest BCUT2D eigenvalue weighted by Crippen LogP contribution is -2.27. The van der Waals surface area contributed by atoms with Crippen LogP contribution >= 0.6 is 0 Å². The number of allylic oxidation sites excluding steroid dienone is 4. The maximum absolute atomic E-state index is 5.38. The zero-order valence-corrected chi connectivity index (χ0v) is 20.5. The molecule has 4 aliphatic rings. The van der Waals surface area contributed by atoms with Crippen LogP contribution in [-0.2, 0) is 5.54 Å². The second-order valence-corrected chi connectivity index (χ2v) is 10.4. The molecular formula is C34H27N3. The predicted molar refractivity (Wildman–Crippen MR) is 153 cm³/mol. The Balaban J connectivity index is 1.33. The van der Waals surface area contributed by atoms with Crippen molar-refractivity contribution in [3.8, 4) is 0 Å². The number of nitrogens with one attached hydrogen (secondary N) is 2. The molecule has 3 heteroatoms. The summed E-state index contributed by atoms with van der Waals surface area (Å²) < 4.78 is 0. The molecule has 0 bridgehead atoms. The minimum absolute atomic E-state index is 0.0128. The molecule has 1 fully saturated rings. The summed E-state index contributed by atoms with van der Waals surface area (Å²) >= 11 is 0. The lowest BCUT2D eigenvalue weighted by atomic mass is 9.91. The maximum atomic E-state index is 5.38. The van der Waals surface area contributed by atoms with Gasteiger partial charge in [-0.05, 0) is 64.3 Å². The minimum atomic E-state index is -0.179. The van der Waals surface area contributed by atoms with E-state index in [2.05, 4.69) is 120 Å². The minimum Gasteiger partial charge on any atom is -0.359 e. The molecule has 2 aliphatic carbocycles. The zero-order chi connectivity index (χ0) is 24.4. The first kappa shape index (κ1) is 20.9. The monoisotopic (exact) mass is 477 g/mol. The molecule has 0 spiro atoms. The van der Waals surface area contributed by atoms with Crippen molar-refractivity contribution in [2.24, 2.45) is 4.99 Å². The lowest BCUT2D eigenvalue weighted by Gasteiger charge is -2.29. The highest BCUT2D eigenvalue weighted by molar-refractivity contribution is 6.20. The number of hydrogen-bond acceptors (Lipinski definition) is 3. The van der Waals surface area contributed by atoms with Crippen LogP contribution in [0.15, 0.2) is 120 Å². The van der Waals surface area contributed by atoms with Crippen molar-refractivity contribution >= 4 is 27.7 Å². The highest BCUT2D eigenvalue weighted by Gasteiger charge is 2.52. The fourth-order valence-electron chi connectivity index (χ4n) is 6.27. The van der Waals surface area contributed by atoms with E-state index in [1.54, 1.807) is 0 Å². The van der Waals surface area contributed by atoms with Gasteiger partial charge in [-0.3, -0.25) is 4.99 Å². The number of nitrogens with zero attached hydrogens (tertiary/aromatic N) is 1. The van der Waals surface area contributed by atoms with Gasteiger partial charge in [0.25, 0.3) is 0 Å². The number of benzene rings is 4. The second kappa shape index (κ2) is 7.89. The van der Waals surface area contributed by atoms with Crippen molar-refractivity contribution in [2.75, 3.05) is 11.9 Å². The van der Waals surface area contributed by atoms with Crippen LogP contribution in [0.4, 0.5) is 5.69 Å². The molecule has 2 atom stereocenters. The summed E-state index contributed by atoms with van der Waals surface area (Å²) in [7, 11) is 0. The highest BCUT2D eigenvalue weighted by Crippen LogP contribution is 2.54. The van der Waals surface area contributed by atoms with E-state index in [-0.39, 0.29) is 11.7 Å². The molecule has 37 heavy (non-hydrogen) atoms. The molecule has 178 valence electrons. The van der Waals surface area contributed by atoms with Crippen molar-refractivity contribution in [1.29, 1.82) is 0 Å². The molecule has 3 nitrogen and oxygen atoms in total. The van der Waals surface area contributed by atoms with Crippen LogP contribution in [0, 0.1) is 0 Å². The second-order valence-electron chi connectivity index (χ2n) is 10.4. The summed E-state index contributed by atoms with van der Waals surface area (Å²) in [6.07, 6.45) is 11.1. The van der Waals surface area contributed by atoms with Gasteiger partial charge in [-0.1, -0.05) is 91.0 Å². The third-order valence-electron chi connectivity index (χ3n) is 8.27. The van der Waals surface area contributed by atoms with E-state index < -0.39 is 0 Å². The van der Waals surface area contributed by atoms with Crippen LogP contribution in [0.1, 0.15) is 46.8 Å². The number of fused-ring (bicyclic) bond motifs is 4. The van der Waals surface area contributed by atoms with Gasteiger partial charge in [0, 0.05) is 23.1 Å². The van der Waals surface area contributed by atoms with Gasteiger partial charge in [0.05, 0.1) is 16.9 Å². The van der Waals surface area contributed by atoms with Crippen LogP contribution < -0.4 is 10.6 Å². The Hall–Kier alpha value is -4.21. The molecule has 2 aliphatic heterocycles. The molecule has 2 unspecified atom stereocenters. The average molecular weight is 478 g/mol. The molecule has 0 radical (unpaired) electrons. The Bertz CT molecular complexity index is 1710. The van der Waals surface area contributed by atoms with Gasteiger partial charge in [-0.15, -0.1) is 0 Å². The van der Waals surface area contributed by atoms with Crippen molar-refractivity contribution in [1.82, 2.24) is 5.32 Å². The van der Waals surface area contributed by atoms with E-state index in [9.17, 15) is 0 Å². The van der Waals surface area contributed by atoms with Crippen LogP contribution in [-0.4, -0.2) is 12.3 Å². The highest BCUT2D eigenvalue weighted by atomic mass is 15.1. The molecule has 2 N–H and O–H groups in total. The van der Waals surface area contributed by atoms with Gasteiger partial charge >= 0.3 is 0 Å². The van der Waals surface area contributed by atoms with E-state index in [0.29, 0.717) is 0 Å². The van der Waals surface area contributed by atoms with E-state index in [0.717, 1.165) is 41.9 Å². The summed E-state index contributed by atoms with van der Waals surface area (Å²) in [6.45, 7) is 0.953. The first-order chi connectivity index (χ1) is 18.3. The third kappa shape index (κ3) is 3.28. The fraction of sp³-hybridized carbons (Fsp3) is 0.147.